The molecule has 0 saturated carbocycles. The summed E-state index contributed by atoms with van der Waals surface area (Å²) in [6, 6.07) is 0.842. The Morgan fingerprint density at radius 3 is 2.17 bits per heavy atom. The van der Waals surface area contributed by atoms with E-state index in [9.17, 15) is 36.2 Å². The Hall–Kier alpha value is -3.36. The van der Waals surface area contributed by atoms with Gasteiger partial charge in [0, 0.05) is 17.5 Å². The van der Waals surface area contributed by atoms with E-state index in [1.807, 2.05) is 32.1 Å². The molecule has 1 aromatic carbocycles. The number of nitrogens with zero attached hydrogens (tertiary/aromatic N) is 1. The number of aliphatic carboxylic acids is 1. The van der Waals surface area contributed by atoms with Crippen molar-refractivity contribution in [3.8, 4) is 0 Å². The lowest BCUT2D eigenvalue weighted by atomic mass is 9.87. The lowest BCUT2D eigenvalue weighted by Gasteiger charge is -2.24. The number of alkyl halides is 6. The summed E-state index contributed by atoms with van der Waals surface area (Å²) in [4.78, 5) is 17.1. The summed E-state index contributed by atoms with van der Waals surface area (Å²) >= 11 is 0. The van der Waals surface area contributed by atoms with Crippen LogP contribution in [0.15, 0.2) is 82.4 Å². The van der Waals surface area contributed by atoms with Gasteiger partial charge < -0.3 is 5.11 Å². The first-order valence-corrected chi connectivity index (χ1v) is 13.7. The van der Waals surface area contributed by atoms with Gasteiger partial charge >= 0.3 is 18.3 Å². The van der Waals surface area contributed by atoms with Gasteiger partial charge in [0.1, 0.15) is 0 Å². The minimum absolute atomic E-state index is 0.0787. The first-order valence-electron chi connectivity index (χ1n) is 13.7. The van der Waals surface area contributed by atoms with Crippen LogP contribution in [0.1, 0.15) is 70.1 Å². The number of carboxylic acids is 1. The van der Waals surface area contributed by atoms with Gasteiger partial charge in [-0.3, -0.25) is 4.99 Å². The zero-order valence-corrected chi connectivity index (χ0v) is 23.5. The second-order valence-corrected chi connectivity index (χ2v) is 10.7. The normalized spacial score (nSPS) is 24.7. The molecule has 222 valence electrons. The molecule has 2 aliphatic rings. The Morgan fingerprint density at radius 1 is 0.976 bits per heavy atom. The van der Waals surface area contributed by atoms with Crippen LogP contribution in [0.5, 0.6) is 0 Å². The van der Waals surface area contributed by atoms with Crippen molar-refractivity contribution in [1.82, 2.24) is 0 Å². The van der Waals surface area contributed by atoms with Crippen LogP contribution >= 0.6 is 0 Å². The first kappa shape index (κ1) is 32.2. The van der Waals surface area contributed by atoms with Crippen molar-refractivity contribution < 1.29 is 36.2 Å². The maximum Gasteiger partial charge on any atom is 0.416 e. The van der Waals surface area contributed by atoms with Crippen LogP contribution in [-0.4, -0.2) is 22.8 Å². The summed E-state index contributed by atoms with van der Waals surface area (Å²) in [5, 5.41) is 10.2. The molecule has 0 saturated heterocycles. The fraction of sp³-hybridized carbons (Fsp3) is 0.438. The molecule has 3 nitrogen and oxygen atoms in total. The molecule has 41 heavy (non-hydrogen) atoms. The molecule has 4 unspecified atom stereocenters. The molecule has 1 aromatic rings. The van der Waals surface area contributed by atoms with E-state index in [4.69, 9.17) is 0 Å². The molecule has 0 radical (unpaired) electrons. The van der Waals surface area contributed by atoms with E-state index in [-0.39, 0.29) is 28.8 Å². The third-order valence-electron chi connectivity index (χ3n) is 7.33. The number of benzene rings is 1. The van der Waals surface area contributed by atoms with E-state index in [0.29, 0.717) is 30.5 Å². The third-order valence-corrected chi connectivity index (χ3v) is 7.33. The largest absolute Gasteiger partial charge is 0.478 e. The van der Waals surface area contributed by atoms with E-state index >= 15 is 0 Å². The zero-order valence-electron chi connectivity index (χ0n) is 23.5. The highest BCUT2D eigenvalue weighted by Crippen LogP contribution is 2.37. The number of hydrogen-bond donors (Lipinski definition) is 1. The van der Waals surface area contributed by atoms with Crippen molar-refractivity contribution in [3.05, 3.63) is 94.1 Å². The second-order valence-electron chi connectivity index (χ2n) is 10.7. The molecule has 0 amide bonds. The number of carboxylic acid groups (broad SMARTS) is 1. The van der Waals surface area contributed by atoms with Gasteiger partial charge in [-0.25, -0.2) is 4.79 Å². The van der Waals surface area contributed by atoms with Gasteiger partial charge in [-0.2, -0.15) is 26.3 Å². The quantitative estimate of drug-likeness (QED) is 0.215. The summed E-state index contributed by atoms with van der Waals surface area (Å²) in [5.74, 6) is -2.08. The third kappa shape index (κ3) is 8.57. The van der Waals surface area contributed by atoms with E-state index in [1.54, 1.807) is 26.0 Å². The topological polar surface area (TPSA) is 49.7 Å². The average molecular weight is 580 g/mol. The molecule has 3 rings (SSSR count). The van der Waals surface area contributed by atoms with E-state index in [0.717, 1.165) is 18.4 Å². The molecule has 0 aromatic heterocycles. The summed E-state index contributed by atoms with van der Waals surface area (Å²) < 4.78 is 81.3. The van der Waals surface area contributed by atoms with Crippen LogP contribution in [0.4, 0.5) is 26.3 Å². The molecular formula is C32H35F6NO2. The van der Waals surface area contributed by atoms with E-state index in [2.05, 4.69) is 17.1 Å². The highest BCUT2D eigenvalue weighted by molar-refractivity contribution is 6.02. The van der Waals surface area contributed by atoms with Crippen molar-refractivity contribution in [2.45, 2.75) is 71.8 Å². The van der Waals surface area contributed by atoms with Gasteiger partial charge in [-0.15, -0.1) is 0 Å². The van der Waals surface area contributed by atoms with Gasteiger partial charge in [0.25, 0.3) is 0 Å². The molecule has 1 N–H and O–H groups in total. The molecule has 0 fully saturated rings. The van der Waals surface area contributed by atoms with Crippen molar-refractivity contribution in [1.29, 1.82) is 0 Å². The van der Waals surface area contributed by atoms with Crippen molar-refractivity contribution in [2.75, 3.05) is 0 Å². The Bertz CT molecular complexity index is 1280. The highest BCUT2D eigenvalue weighted by Gasteiger charge is 2.37. The molecular weight excluding hydrogens is 544 g/mol. The number of aliphatic imine (C=N–C) groups is 1. The molecule has 1 aliphatic carbocycles. The SMILES string of the molecule is CCC1=CC(C(=CC2C=CCC(C)C(c3cc(C(F)(F)F)cc(C(F)(F)F)c3)=NC2C)C(=O)O)=CC(C)CC=CC1. The number of allylic oxidation sites excluding steroid dienone is 6. The fourth-order valence-corrected chi connectivity index (χ4v) is 4.95. The van der Waals surface area contributed by atoms with Gasteiger partial charge in [-0.1, -0.05) is 68.9 Å². The van der Waals surface area contributed by atoms with Gasteiger partial charge in [0.15, 0.2) is 0 Å². The first-order chi connectivity index (χ1) is 19.1. The van der Waals surface area contributed by atoms with Gasteiger partial charge in [0.2, 0.25) is 0 Å². The standard InChI is InChI=1S/C32H35F6NO2/c1-5-22-11-7-6-9-19(2)13-24(14-22)28(30(40)41)17-23-12-8-10-20(3)29(39-21(23)4)25-15-26(31(33,34)35)18-27(16-25)32(36,37)38/h6-8,12-21,23H,5,9-11H2,1-4H3,(H,40,41). The van der Waals surface area contributed by atoms with Crippen LogP contribution in [0.2, 0.25) is 0 Å². The minimum Gasteiger partial charge on any atom is -0.478 e. The van der Waals surface area contributed by atoms with Crippen molar-refractivity contribution in [2.24, 2.45) is 22.7 Å². The number of carbonyl (C=O) groups is 1. The van der Waals surface area contributed by atoms with Crippen molar-refractivity contribution in [3.63, 3.8) is 0 Å². The maximum atomic E-state index is 13.5. The monoisotopic (exact) mass is 579 g/mol. The van der Waals surface area contributed by atoms with Crippen LogP contribution in [0.25, 0.3) is 0 Å². The Kier molecular flexibility index (Phi) is 10.3. The molecule has 9 heteroatoms. The Morgan fingerprint density at radius 2 is 1.61 bits per heavy atom. The summed E-state index contributed by atoms with van der Waals surface area (Å²) in [5.41, 5.74) is -1.23. The molecule has 1 heterocycles. The fourth-order valence-electron chi connectivity index (χ4n) is 4.95. The predicted octanol–water partition coefficient (Wildman–Crippen LogP) is 9.37. The zero-order chi connectivity index (χ0) is 30.5. The maximum absolute atomic E-state index is 13.5. The Labute approximate surface area is 236 Å². The number of hydrogen-bond acceptors (Lipinski definition) is 2. The second kappa shape index (κ2) is 13.1. The average Bonchev–Trinajstić information content (AvgIpc) is 2.96. The number of rotatable bonds is 5. The predicted molar refractivity (Wildman–Crippen MR) is 149 cm³/mol. The molecule has 0 spiro atoms. The lowest BCUT2D eigenvalue weighted by Crippen LogP contribution is -2.23. The van der Waals surface area contributed by atoms with E-state index < -0.39 is 47.3 Å². The highest BCUT2D eigenvalue weighted by atomic mass is 19.4. The van der Waals surface area contributed by atoms with Crippen LogP contribution in [0, 0.1) is 17.8 Å². The van der Waals surface area contributed by atoms with Crippen LogP contribution in [-0.2, 0) is 17.1 Å². The van der Waals surface area contributed by atoms with Crippen LogP contribution in [0.3, 0.4) is 0 Å². The Balaban J connectivity index is 2.13. The molecule has 1 aliphatic heterocycles. The number of halogens is 6. The summed E-state index contributed by atoms with van der Waals surface area (Å²) in [6.45, 7) is 7.36. The van der Waals surface area contributed by atoms with Gasteiger partial charge in [0.05, 0.1) is 22.7 Å². The molecule has 4 atom stereocenters. The minimum atomic E-state index is -4.98. The smallest absolute Gasteiger partial charge is 0.416 e. The van der Waals surface area contributed by atoms with Crippen molar-refractivity contribution >= 4 is 11.7 Å². The van der Waals surface area contributed by atoms with Crippen LogP contribution < -0.4 is 0 Å². The summed E-state index contributed by atoms with van der Waals surface area (Å²) in [7, 11) is 0. The summed E-state index contributed by atoms with van der Waals surface area (Å²) in [6.07, 6.45) is 5.69. The lowest BCUT2D eigenvalue weighted by molar-refractivity contribution is -0.143. The van der Waals surface area contributed by atoms with E-state index in [1.165, 1.54) is 0 Å². The van der Waals surface area contributed by atoms with Gasteiger partial charge in [-0.05, 0) is 67.9 Å². The molecule has 0 bridgehead atoms.